The minimum absolute atomic E-state index is 0.0805. The number of alkyl halides is 2. The second-order valence-corrected chi connectivity index (χ2v) is 4.07. The van der Waals surface area contributed by atoms with Crippen LogP contribution in [0.4, 0.5) is 8.78 Å². The number of aromatic nitrogens is 2. The van der Waals surface area contributed by atoms with Crippen molar-refractivity contribution in [1.82, 2.24) is 9.97 Å². The van der Waals surface area contributed by atoms with E-state index in [4.69, 9.17) is 23.2 Å². The Bertz CT molecular complexity index is 512. The molecule has 2 nitrogen and oxygen atoms in total. The van der Waals surface area contributed by atoms with Crippen LogP contribution in [0.15, 0.2) is 36.5 Å². The van der Waals surface area contributed by atoms with E-state index < -0.39 is 5.92 Å². The number of halogens is 4. The Balaban J connectivity index is 2.51. The van der Waals surface area contributed by atoms with Crippen LogP contribution in [0.25, 0.3) is 0 Å². The fourth-order valence-corrected chi connectivity index (χ4v) is 1.80. The summed E-state index contributed by atoms with van der Waals surface area (Å²) < 4.78 is 28.1. The van der Waals surface area contributed by atoms with Gasteiger partial charge in [-0.1, -0.05) is 29.3 Å². The largest absolute Gasteiger partial charge is 0.315 e. The first kappa shape index (κ1) is 12.2. The molecule has 0 bridgehead atoms. The molecule has 6 heteroatoms. The van der Waals surface area contributed by atoms with Crippen LogP contribution >= 0.6 is 23.2 Å². The third-order valence-corrected chi connectivity index (χ3v) is 2.50. The lowest BCUT2D eigenvalue weighted by molar-refractivity contribution is 0.0379. The maximum Gasteiger partial charge on any atom is 0.315 e. The van der Waals surface area contributed by atoms with Gasteiger partial charge in [-0.3, -0.25) is 4.98 Å². The van der Waals surface area contributed by atoms with Gasteiger partial charge < -0.3 is 0 Å². The van der Waals surface area contributed by atoms with Crippen molar-refractivity contribution < 1.29 is 8.78 Å². The van der Waals surface area contributed by atoms with E-state index in [9.17, 15) is 8.78 Å². The summed E-state index contributed by atoms with van der Waals surface area (Å²) in [5.74, 6) is -3.25. The first-order valence-electron chi connectivity index (χ1n) is 4.63. The van der Waals surface area contributed by atoms with Gasteiger partial charge in [0.1, 0.15) is 16.0 Å². The lowest BCUT2D eigenvalue weighted by Crippen LogP contribution is -2.17. The molecule has 0 aromatic carbocycles. The third kappa shape index (κ3) is 2.53. The average molecular weight is 275 g/mol. The van der Waals surface area contributed by atoms with E-state index >= 15 is 0 Å². The van der Waals surface area contributed by atoms with Crippen LogP contribution in [-0.2, 0) is 5.92 Å². The first-order chi connectivity index (χ1) is 8.00. The highest BCUT2D eigenvalue weighted by molar-refractivity contribution is 6.32. The maximum atomic E-state index is 14.0. The van der Waals surface area contributed by atoms with Crippen molar-refractivity contribution in [1.29, 1.82) is 0 Å². The fraction of sp³-hybridized carbons (Fsp3) is 0.0909. The number of pyridine rings is 2. The topological polar surface area (TPSA) is 25.8 Å². The minimum atomic E-state index is -3.25. The van der Waals surface area contributed by atoms with Gasteiger partial charge in [-0.2, -0.15) is 8.78 Å². The molecular formula is C11H6Cl2F2N2. The lowest BCUT2D eigenvalue weighted by Gasteiger charge is -2.16. The van der Waals surface area contributed by atoms with Gasteiger partial charge in [0, 0.05) is 11.8 Å². The van der Waals surface area contributed by atoms with Gasteiger partial charge in [0.25, 0.3) is 0 Å². The highest BCUT2D eigenvalue weighted by Crippen LogP contribution is 2.35. The second kappa shape index (κ2) is 4.55. The molecule has 0 saturated carbocycles. The molecule has 0 fully saturated rings. The summed E-state index contributed by atoms with van der Waals surface area (Å²) in [7, 11) is 0. The van der Waals surface area contributed by atoms with Gasteiger partial charge in [0.15, 0.2) is 0 Å². The standard InChI is InChI=1S/C11H6Cl2F2N2/c12-9-5-7(6-10(13)17-9)11(14,15)8-3-1-2-4-16-8/h1-6H. The van der Waals surface area contributed by atoms with Crippen molar-refractivity contribution in [2.24, 2.45) is 0 Å². The van der Waals surface area contributed by atoms with E-state index in [1.54, 1.807) is 6.07 Å². The number of hydrogen-bond acceptors (Lipinski definition) is 2. The van der Waals surface area contributed by atoms with E-state index in [0.717, 1.165) is 12.1 Å². The van der Waals surface area contributed by atoms with Gasteiger partial charge in [-0.25, -0.2) is 4.98 Å². The van der Waals surface area contributed by atoms with Gasteiger partial charge in [-0.15, -0.1) is 0 Å². The summed E-state index contributed by atoms with van der Waals surface area (Å²) in [6.07, 6.45) is 1.30. The van der Waals surface area contributed by atoms with Crippen LogP contribution in [0.5, 0.6) is 0 Å². The molecule has 0 atom stereocenters. The van der Waals surface area contributed by atoms with Crippen LogP contribution < -0.4 is 0 Å². The summed E-state index contributed by atoms with van der Waals surface area (Å²) in [5, 5.41) is -0.161. The zero-order valence-corrected chi connectivity index (χ0v) is 9.88. The smallest absolute Gasteiger partial charge is 0.255 e. The molecule has 2 rings (SSSR count). The number of rotatable bonds is 2. The predicted octanol–water partition coefficient (Wildman–Crippen LogP) is 3.92. The molecule has 0 aliphatic rings. The van der Waals surface area contributed by atoms with Gasteiger partial charge in [0.05, 0.1) is 0 Å². The molecule has 0 amide bonds. The Kier molecular flexibility index (Phi) is 3.26. The van der Waals surface area contributed by atoms with Gasteiger partial charge >= 0.3 is 5.92 Å². The number of hydrogen-bond donors (Lipinski definition) is 0. The molecule has 0 N–H and O–H groups in total. The molecule has 17 heavy (non-hydrogen) atoms. The zero-order valence-electron chi connectivity index (χ0n) is 8.37. The molecule has 2 aromatic heterocycles. The molecule has 2 heterocycles. The van der Waals surface area contributed by atoms with Crippen molar-refractivity contribution in [2.75, 3.05) is 0 Å². The van der Waals surface area contributed by atoms with Crippen molar-refractivity contribution in [3.05, 3.63) is 58.1 Å². The monoisotopic (exact) mass is 274 g/mol. The molecule has 0 saturated heterocycles. The second-order valence-electron chi connectivity index (χ2n) is 3.29. The molecule has 0 unspecified atom stereocenters. The Morgan fingerprint density at radius 2 is 1.71 bits per heavy atom. The molecule has 0 aliphatic carbocycles. The average Bonchev–Trinajstić information content (AvgIpc) is 2.29. The van der Waals surface area contributed by atoms with Crippen molar-refractivity contribution in [3.8, 4) is 0 Å². The third-order valence-electron chi connectivity index (χ3n) is 2.11. The molecule has 88 valence electrons. The summed E-state index contributed by atoms with van der Waals surface area (Å²) >= 11 is 11.2. The maximum absolute atomic E-state index is 14.0. The molecule has 0 spiro atoms. The highest BCUT2D eigenvalue weighted by Gasteiger charge is 2.36. The van der Waals surface area contributed by atoms with Crippen LogP contribution in [-0.4, -0.2) is 9.97 Å². The van der Waals surface area contributed by atoms with Crippen LogP contribution in [0.2, 0.25) is 10.3 Å². The zero-order chi connectivity index (χ0) is 12.5. The van der Waals surface area contributed by atoms with Crippen LogP contribution in [0.3, 0.4) is 0 Å². The Labute approximate surface area is 106 Å². The van der Waals surface area contributed by atoms with Gasteiger partial charge in [-0.05, 0) is 24.3 Å². The molecule has 0 radical (unpaired) electrons. The molecular weight excluding hydrogens is 269 g/mol. The van der Waals surface area contributed by atoms with Gasteiger partial charge in [0.2, 0.25) is 0 Å². The quantitative estimate of drug-likeness (QED) is 0.776. The summed E-state index contributed by atoms with van der Waals surface area (Å²) in [6.45, 7) is 0. The normalized spacial score (nSPS) is 11.5. The van der Waals surface area contributed by atoms with E-state index in [0.29, 0.717) is 0 Å². The van der Waals surface area contributed by atoms with E-state index in [1.807, 2.05) is 0 Å². The van der Waals surface area contributed by atoms with Crippen molar-refractivity contribution in [3.63, 3.8) is 0 Å². The van der Waals surface area contributed by atoms with Crippen molar-refractivity contribution >= 4 is 23.2 Å². The van der Waals surface area contributed by atoms with Crippen LogP contribution in [0.1, 0.15) is 11.3 Å². The Morgan fingerprint density at radius 3 is 2.24 bits per heavy atom. The SMILES string of the molecule is FC(F)(c1cc(Cl)nc(Cl)c1)c1ccccn1. The fourth-order valence-electron chi connectivity index (χ4n) is 1.34. The first-order valence-corrected chi connectivity index (χ1v) is 5.38. The Morgan fingerprint density at radius 1 is 1.06 bits per heavy atom. The summed E-state index contributed by atoms with van der Waals surface area (Å²) in [5.41, 5.74) is -0.695. The predicted molar refractivity (Wildman–Crippen MR) is 61.5 cm³/mol. The molecule has 0 aliphatic heterocycles. The van der Waals surface area contributed by atoms with E-state index in [2.05, 4.69) is 9.97 Å². The number of nitrogens with zero attached hydrogens (tertiary/aromatic N) is 2. The van der Waals surface area contributed by atoms with E-state index in [1.165, 1.54) is 18.3 Å². The highest BCUT2D eigenvalue weighted by atomic mass is 35.5. The molecule has 2 aromatic rings. The lowest BCUT2D eigenvalue weighted by atomic mass is 10.1. The van der Waals surface area contributed by atoms with E-state index in [-0.39, 0.29) is 21.6 Å². The summed E-state index contributed by atoms with van der Waals surface area (Å²) in [4.78, 5) is 7.25. The Hall–Kier alpha value is -1.26. The van der Waals surface area contributed by atoms with Crippen molar-refractivity contribution in [2.45, 2.75) is 5.92 Å². The summed E-state index contributed by atoms with van der Waals surface area (Å²) in [6, 6.07) is 6.43. The van der Waals surface area contributed by atoms with Crippen LogP contribution in [0, 0.1) is 0 Å². The minimum Gasteiger partial charge on any atom is -0.255 e.